The van der Waals surface area contributed by atoms with Crippen LogP contribution < -0.4 is 4.74 Å². The zero-order valence-electron chi connectivity index (χ0n) is 13.5. The van der Waals surface area contributed by atoms with Gasteiger partial charge in [0.2, 0.25) is 0 Å². The van der Waals surface area contributed by atoms with E-state index < -0.39 is 0 Å². The van der Waals surface area contributed by atoms with Crippen LogP contribution in [0.2, 0.25) is 5.02 Å². The topological polar surface area (TPSA) is 26.3 Å². The number of benzene rings is 3. The first-order chi connectivity index (χ1) is 11.5. The van der Waals surface area contributed by atoms with Crippen molar-refractivity contribution in [1.82, 2.24) is 0 Å². The number of aryl methyl sites for hydroxylation is 2. The number of carbonyl (C=O) groups excluding carboxylic acids is 1. The first-order valence-electron chi connectivity index (χ1n) is 7.69. The van der Waals surface area contributed by atoms with Gasteiger partial charge in [0.15, 0.2) is 0 Å². The minimum atomic E-state index is -0.379. The Bertz CT molecular complexity index is 845. The minimum absolute atomic E-state index is 0.379. The third-order valence-electron chi connectivity index (χ3n) is 3.85. The van der Waals surface area contributed by atoms with E-state index in [-0.39, 0.29) is 5.97 Å². The lowest BCUT2D eigenvalue weighted by atomic mass is 10.0. The van der Waals surface area contributed by atoms with Crippen LogP contribution in [0.4, 0.5) is 0 Å². The van der Waals surface area contributed by atoms with Crippen molar-refractivity contribution in [1.29, 1.82) is 0 Å². The van der Waals surface area contributed by atoms with Crippen LogP contribution in [0.25, 0.3) is 11.1 Å². The molecule has 2 nitrogen and oxygen atoms in total. The van der Waals surface area contributed by atoms with Crippen molar-refractivity contribution < 1.29 is 9.53 Å². The molecule has 3 aromatic rings. The summed E-state index contributed by atoms with van der Waals surface area (Å²) in [5.41, 5.74) is 4.46. The van der Waals surface area contributed by atoms with Crippen LogP contribution in [0.1, 0.15) is 21.5 Å². The molecule has 0 aliphatic carbocycles. The highest BCUT2D eigenvalue weighted by Crippen LogP contribution is 2.26. The van der Waals surface area contributed by atoms with Crippen LogP contribution in [-0.4, -0.2) is 5.97 Å². The van der Waals surface area contributed by atoms with E-state index in [9.17, 15) is 4.79 Å². The first-order valence-corrected chi connectivity index (χ1v) is 8.07. The Labute approximate surface area is 146 Å². The van der Waals surface area contributed by atoms with Gasteiger partial charge in [0.1, 0.15) is 5.75 Å². The molecule has 0 fully saturated rings. The summed E-state index contributed by atoms with van der Waals surface area (Å²) in [4.78, 5) is 12.3. The monoisotopic (exact) mass is 336 g/mol. The van der Waals surface area contributed by atoms with Crippen molar-refractivity contribution in [2.24, 2.45) is 0 Å². The molecule has 0 spiro atoms. The zero-order chi connectivity index (χ0) is 17.1. The Hall–Kier alpha value is -2.58. The van der Waals surface area contributed by atoms with E-state index in [1.165, 1.54) is 0 Å². The summed E-state index contributed by atoms with van der Waals surface area (Å²) in [7, 11) is 0. The van der Waals surface area contributed by atoms with Crippen molar-refractivity contribution in [3.63, 3.8) is 0 Å². The number of ether oxygens (including phenoxy) is 1. The molecule has 3 rings (SSSR count). The Balaban J connectivity index is 1.78. The molecule has 0 saturated heterocycles. The van der Waals surface area contributed by atoms with Crippen LogP contribution in [-0.2, 0) is 0 Å². The predicted molar refractivity (Wildman–Crippen MR) is 97.8 cm³/mol. The molecule has 3 heteroatoms. The number of halogens is 1. The average Bonchev–Trinajstić information content (AvgIpc) is 2.60. The van der Waals surface area contributed by atoms with Crippen molar-refractivity contribution in [2.45, 2.75) is 13.8 Å². The van der Waals surface area contributed by atoms with E-state index in [2.05, 4.69) is 0 Å². The molecule has 0 saturated carbocycles. The fraction of sp³-hybridized carbons (Fsp3) is 0.0952. The van der Waals surface area contributed by atoms with Gasteiger partial charge in [0.25, 0.3) is 0 Å². The highest BCUT2D eigenvalue weighted by molar-refractivity contribution is 6.32. The SMILES string of the molecule is Cc1cc(OC(=O)c2ccc(-c3ccccc3)cc2)cc(C)c1Cl. The molecule has 0 atom stereocenters. The van der Waals surface area contributed by atoms with Crippen LogP contribution in [0.3, 0.4) is 0 Å². The van der Waals surface area contributed by atoms with E-state index in [4.69, 9.17) is 16.3 Å². The second kappa shape index (κ2) is 6.90. The second-order valence-corrected chi connectivity index (χ2v) is 6.08. The molecule has 0 unspecified atom stereocenters. The van der Waals surface area contributed by atoms with Crippen LogP contribution in [0, 0.1) is 13.8 Å². The highest BCUT2D eigenvalue weighted by atomic mass is 35.5. The maximum atomic E-state index is 12.3. The Morgan fingerprint density at radius 1 is 0.833 bits per heavy atom. The quantitative estimate of drug-likeness (QED) is 0.443. The van der Waals surface area contributed by atoms with Gasteiger partial charge in [-0.25, -0.2) is 4.79 Å². The van der Waals surface area contributed by atoms with Gasteiger partial charge in [0, 0.05) is 5.02 Å². The van der Waals surface area contributed by atoms with Gasteiger partial charge in [-0.1, -0.05) is 54.1 Å². The van der Waals surface area contributed by atoms with Crippen molar-refractivity contribution in [3.8, 4) is 16.9 Å². The van der Waals surface area contributed by atoms with Crippen LogP contribution >= 0.6 is 11.6 Å². The van der Waals surface area contributed by atoms with E-state index in [0.717, 1.165) is 22.3 Å². The molecule has 0 aliphatic rings. The van der Waals surface area contributed by atoms with Gasteiger partial charge in [-0.05, 0) is 60.4 Å². The molecule has 3 aromatic carbocycles. The summed E-state index contributed by atoms with van der Waals surface area (Å²) in [6, 6.07) is 21.0. The summed E-state index contributed by atoms with van der Waals surface area (Å²) in [6.45, 7) is 3.78. The van der Waals surface area contributed by atoms with Gasteiger partial charge in [-0.15, -0.1) is 0 Å². The van der Waals surface area contributed by atoms with Gasteiger partial charge in [0.05, 0.1) is 5.56 Å². The highest BCUT2D eigenvalue weighted by Gasteiger charge is 2.11. The smallest absolute Gasteiger partial charge is 0.343 e. The second-order valence-electron chi connectivity index (χ2n) is 5.70. The standard InChI is InChI=1S/C21H17ClO2/c1-14-12-19(13-15(2)20(14)22)24-21(23)18-10-8-17(9-11-18)16-6-4-3-5-7-16/h3-13H,1-2H3. The molecular formula is C21H17ClO2. The molecule has 120 valence electrons. The Kier molecular flexibility index (Phi) is 4.68. The lowest BCUT2D eigenvalue weighted by molar-refractivity contribution is 0.0734. The summed E-state index contributed by atoms with van der Waals surface area (Å²) < 4.78 is 5.47. The van der Waals surface area contributed by atoms with E-state index in [1.54, 1.807) is 24.3 Å². The fourth-order valence-electron chi connectivity index (χ4n) is 2.56. The van der Waals surface area contributed by atoms with Gasteiger partial charge >= 0.3 is 5.97 Å². The van der Waals surface area contributed by atoms with Crippen molar-refractivity contribution in [3.05, 3.63) is 88.4 Å². The third kappa shape index (κ3) is 3.50. The van der Waals surface area contributed by atoms with Gasteiger partial charge < -0.3 is 4.74 Å². The maximum absolute atomic E-state index is 12.3. The maximum Gasteiger partial charge on any atom is 0.343 e. The molecule has 0 N–H and O–H groups in total. The lowest BCUT2D eigenvalue weighted by Crippen LogP contribution is -2.08. The molecule has 0 bridgehead atoms. The molecule has 24 heavy (non-hydrogen) atoms. The Morgan fingerprint density at radius 3 is 1.96 bits per heavy atom. The largest absolute Gasteiger partial charge is 0.423 e. The molecule has 0 aromatic heterocycles. The van der Waals surface area contributed by atoms with Crippen LogP contribution in [0.5, 0.6) is 5.75 Å². The van der Waals surface area contributed by atoms with Crippen molar-refractivity contribution >= 4 is 17.6 Å². The molecule has 0 radical (unpaired) electrons. The zero-order valence-corrected chi connectivity index (χ0v) is 14.3. The molecule has 0 amide bonds. The third-order valence-corrected chi connectivity index (χ3v) is 4.44. The number of carbonyl (C=O) groups is 1. The van der Waals surface area contributed by atoms with Gasteiger partial charge in [-0.3, -0.25) is 0 Å². The predicted octanol–water partition coefficient (Wildman–Crippen LogP) is 5.84. The van der Waals surface area contributed by atoms with Crippen LogP contribution in [0.15, 0.2) is 66.7 Å². The summed E-state index contributed by atoms with van der Waals surface area (Å²) >= 11 is 6.14. The van der Waals surface area contributed by atoms with E-state index >= 15 is 0 Å². The van der Waals surface area contributed by atoms with Gasteiger partial charge in [-0.2, -0.15) is 0 Å². The number of rotatable bonds is 3. The molecular weight excluding hydrogens is 320 g/mol. The van der Waals surface area contributed by atoms with E-state index in [1.807, 2.05) is 56.3 Å². The molecule has 0 aliphatic heterocycles. The molecule has 0 heterocycles. The number of hydrogen-bond donors (Lipinski definition) is 0. The average molecular weight is 337 g/mol. The minimum Gasteiger partial charge on any atom is -0.423 e. The summed E-state index contributed by atoms with van der Waals surface area (Å²) in [5.74, 6) is 0.127. The van der Waals surface area contributed by atoms with Crippen molar-refractivity contribution in [2.75, 3.05) is 0 Å². The normalized spacial score (nSPS) is 10.5. The number of esters is 1. The lowest BCUT2D eigenvalue weighted by Gasteiger charge is -2.09. The Morgan fingerprint density at radius 2 is 1.38 bits per heavy atom. The summed E-state index contributed by atoms with van der Waals surface area (Å²) in [6.07, 6.45) is 0. The summed E-state index contributed by atoms with van der Waals surface area (Å²) in [5, 5.41) is 0.696. The first kappa shape index (κ1) is 16.3. The van der Waals surface area contributed by atoms with E-state index in [0.29, 0.717) is 16.3 Å². The fourth-order valence-corrected chi connectivity index (χ4v) is 2.67. The number of hydrogen-bond acceptors (Lipinski definition) is 2.